The van der Waals surface area contributed by atoms with E-state index in [1.807, 2.05) is 0 Å². The van der Waals surface area contributed by atoms with Gasteiger partial charge in [-0.1, -0.05) is 13.8 Å². The topological polar surface area (TPSA) is 49.8 Å². The second-order valence-electron chi connectivity index (χ2n) is 5.71. The lowest BCUT2D eigenvalue weighted by molar-refractivity contribution is -0.168. The highest BCUT2D eigenvalue weighted by molar-refractivity contribution is 5.92. The lowest BCUT2D eigenvalue weighted by Gasteiger charge is -2.57. The molecular formula is C13H23NO3. The molecule has 3 rings (SSSR count). The highest BCUT2D eigenvalue weighted by Crippen LogP contribution is 2.42. The molecule has 3 aliphatic rings. The third-order valence-electron chi connectivity index (χ3n) is 4.44. The predicted octanol–water partition coefficient (Wildman–Crippen LogP) is 0.683. The Kier molecular flexibility index (Phi) is 3.57. The number of aliphatic hydroxyl groups excluding tert-OH is 1. The first-order valence-corrected chi connectivity index (χ1v) is 6.47. The average Bonchev–Trinajstić information content (AvgIpc) is 2.33. The van der Waals surface area contributed by atoms with Gasteiger partial charge in [0.05, 0.1) is 13.2 Å². The van der Waals surface area contributed by atoms with Crippen LogP contribution in [0.15, 0.2) is 0 Å². The maximum absolute atomic E-state index is 12.4. The predicted molar refractivity (Wildman–Crippen MR) is 64.8 cm³/mol. The highest BCUT2D eigenvalue weighted by atomic mass is 16.5. The van der Waals surface area contributed by atoms with Crippen molar-refractivity contribution in [3.63, 3.8) is 0 Å². The van der Waals surface area contributed by atoms with Crippen molar-refractivity contribution in [2.45, 2.75) is 38.3 Å². The molecule has 0 saturated carbocycles. The molecule has 4 heteroatoms. The summed E-state index contributed by atoms with van der Waals surface area (Å²) >= 11 is 0. The molecule has 3 saturated heterocycles. The molecule has 0 spiro atoms. The van der Waals surface area contributed by atoms with E-state index in [4.69, 9.17) is 4.74 Å². The van der Waals surface area contributed by atoms with E-state index in [1.165, 1.54) is 0 Å². The van der Waals surface area contributed by atoms with Gasteiger partial charge < -0.3 is 9.84 Å². The van der Waals surface area contributed by atoms with Crippen molar-refractivity contribution in [1.29, 1.82) is 0 Å². The molecule has 17 heavy (non-hydrogen) atoms. The minimum Gasteiger partial charge on any atom is -0.394 e. The SMILES string of the molecule is COC[C@@]1(CO)C(=O)[C@H]2CCN1[C@H](C(C)C)C2. The van der Waals surface area contributed by atoms with Crippen LogP contribution in [-0.4, -0.2) is 54.2 Å². The summed E-state index contributed by atoms with van der Waals surface area (Å²) in [6, 6.07) is 0.397. The van der Waals surface area contributed by atoms with Gasteiger partial charge in [-0.05, 0) is 18.8 Å². The van der Waals surface area contributed by atoms with Crippen LogP contribution in [0.1, 0.15) is 26.7 Å². The summed E-state index contributed by atoms with van der Waals surface area (Å²) in [5.41, 5.74) is -0.773. The molecular weight excluding hydrogens is 218 g/mol. The van der Waals surface area contributed by atoms with Crippen LogP contribution in [0.3, 0.4) is 0 Å². The lowest BCUT2D eigenvalue weighted by atomic mass is 9.69. The molecule has 0 aromatic rings. The van der Waals surface area contributed by atoms with E-state index in [1.54, 1.807) is 7.11 Å². The fourth-order valence-corrected chi connectivity index (χ4v) is 3.53. The molecule has 1 unspecified atom stereocenters. The highest BCUT2D eigenvalue weighted by Gasteiger charge is 2.56. The molecule has 2 bridgehead atoms. The van der Waals surface area contributed by atoms with Gasteiger partial charge in [0.2, 0.25) is 0 Å². The molecule has 1 N–H and O–H groups in total. The number of fused-ring (bicyclic) bond motifs is 3. The van der Waals surface area contributed by atoms with E-state index in [0.29, 0.717) is 18.6 Å². The van der Waals surface area contributed by atoms with Crippen LogP contribution in [0, 0.1) is 11.8 Å². The number of ketones is 1. The van der Waals surface area contributed by atoms with Crippen LogP contribution in [0.25, 0.3) is 0 Å². The summed E-state index contributed by atoms with van der Waals surface area (Å²) in [5, 5.41) is 9.72. The Bertz CT molecular complexity index is 305. The minimum absolute atomic E-state index is 0.120. The van der Waals surface area contributed by atoms with Crippen molar-refractivity contribution in [3.05, 3.63) is 0 Å². The number of rotatable bonds is 4. The third kappa shape index (κ3) is 1.83. The summed E-state index contributed by atoms with van der Waals surface area (Å²) in [6.07, 6.45) is 1.88. The van der Waals surface area contributed by atoms with Gasteiger partial charge in [0.15, 0.2) is 5.78 Å². The van der Waals surface area contributed by atoms with Crippen molar-refractivity contribution in [1.82, 2.24) is 4.90 Å². The second-order valence-corrected chi connectivity index (χ2v) is 5.71. The number of hydrogen-bond donors (Lipinski definition) is 1. The molecule has 3 fully saturated rings. The molecule has 4 nitrogen and oxygen atoms in total. The van der Waals surface area contributed by atoms with E-state index >= 15 is 0 Å². The Balaban J connectivity index is 2.33. The summed E-state index contributed by atoms with van der Waals surface area (Å²) < 4.78 is 5.20. The molecule has 0 radical (unpaired) electrons. The second kappa shape index (κ2) is 4.67. The van der Waals surface area contributed by atoms with Crippen LogP contribution >= 0.6 is 0 Å². The van der Waals surface area contributed by atoms with Crippen molar-refractivity contribution >= 4 is 5.78 Å². The van der Waals surface area contributed by atoms with Gasteiger partial charge in [-0.3, -0.25) is 9.69 Å². The number of hydrogen-bond acceptors (Lipinski definition) is 4. The van der Waals surface area contributed by atoms with Crippen molar-refractivity contribution in [3.8, 4) is 0 Å². The first-order valence-electron chi connectivity index (χ1n) is 6.47. The van der Waals surface area contributed by atoms with Crippen LogP contribution in [0.2, 0.25) is 0 Å². The Morgan fingerprint density at radius 1 is 1.59 bits per heavy atom. The van der Waals surface area contributed by atoms with Gasteiger partial charge in [-0.15, -0.1) is 0 Å². The Labute approximate surface area is 103 Å². The standard InChI is InChI=1S/C13H23NO3/c1-9(2)11-6-10-4-5-14(11)13(7-15,8-17-3)12(10)16/h9-11,15H,4-8H2,1-3H3/t10-,11-,13-/m0/s1. The zero-order valence-corrected chi connectivity index (χ0v) is 11.0. The maximum Gasteiger partial charge on any atom is 0.161 e. The Morgan fingerprint density at radius 2 is 2.29 bits per heavy atom. The number of Topliss-reactive ketones (excluding diaryl/α,β-unsaturated/α-hetero) is 1. The van der Waals surface area contributed by atoms with Crippen LogP contribution in [0.4, 0.5) is 0 Å². The third-order valence-corrected chi connectivity index (χ3v) is 4.44. The zero-order valence-electron chi connectivity index (χ0n) is 11.0. The number of aliphatic hydroxyl groups is 1. The lowest BCUT2D eigenvalue weighted by Crippen LogP contribution is -2.72. The fourth-order valence-electron chi connectivity index (χ4n) is 3.53. The quantitative estimate of drug-likeness (QED) is 0.786. The summed E-state index contributed by atoms with van der Waals surface area (Å²) in [4.78, 5) is 14.6. The molecule has 0 amide bonds. The molecule has 3 heterocycles. The number of piperidine rings is 3. The normalized spacial score (nSPS) is 41.2. The Morgan fingerprint density at radius 3 is 2.82 bits per heavy atom. The number of ether oxygens (including phenoxy) is 1. The number of carbonyl (C=O) groups excluding carboxylic acids is 1. The van der Waals surface area contributed by atoms with E-state index in [-0.39, 0.29) is 18.3 Å². The van der Waals surface area contributed by atoms with Crippen molar-refractivity contribution in [2.75, 3.05) is 26.9 Å². The summed E-state index contributed by atoms with van der Waals surface area (Å²) in [7, 11) is 1.60. The van der Waals surface area contributed by atoms with Crippen molar-refractivity contribution < 1.29 is 14.6 Å². The van der Waals surface area contributed by atoms with Gasteiger partial charge in [0, 0.05) is 25.6 Å². The first-order chi connectivity index (χ1) is 8.06. The van der Waals surface area contributed by atoms with Crippen molar-refractivity contribution in [2.24, 2.45) is 11.8 Å². The van der Waals surface area contributed by atoms with Crippen LogP contribution < -0.4 is 0 Å². The van der Waals surface area contributed by atoms with E-state index < -0.39 is 5.54 Å². The molecule has 4 atom stereocenters. The Hall–Kier alpha value is -0.450. The van der Waals surface area contributed by atoms with Gasteiger partial charge in [0.25, 0.3) is 0 Å². The maximum atomic E-state index is 12.4. The summed E-state index contributed by atoms with van der Waals surface area (Å²) in [6.45, 7) is 5.46. The number of carbonyl (C=O) groups is 1. The number of nitrogens with zero attached hydrogens (tertiary/aromatic N) is 1. The van der Waals surface area contributed by atoms with Gasteiger partial charge >= 0.3 is 0 Å². The van der Waals surface area contributed by atoms with E-state index in [9.17, 15) is 9.90 Å². The molecule has 0 aromatic heterocycles. The molecule has 0 aliphatic carbocycles. The molecule has 98 valence electrons. The van der Waals surface area contributed by atoms with Crippen LogP contribution in [0.5, 0.6) is 0 Å². The molecule has 3 aliphatic heterocycles. The van der Waals surface area contributed by atoms with Gasteiger partial charge in [0.1, 0.15) is 5.54 Å². The number of methoxy groups -OCH3 is 1. The first kappa shape index (κ1) is 13.0. The summed E-state index contributed by atoms with van der Waals surface area (Å²) in [5.74, 6) is 0.813. The van der Waals surface area contributed by atoms with Crippen LogP contribution in [-0.2, 0) is 9.53 Å². The van der Waals surface area contributed by atoms with Gasteiger partial charge in [-0.25, -0.2) is 0 Å². The fraction of sp³-hybridized carbons (Fsp3) is 0.923. The minimum atomic E-state index is -0.773. The monoisotopic (exact) mass is 241 g/mol. The smallest absolute Gasteiger partial charge is 0.161 e. The zero-order chi connectivity index (χ0) is 12.6. The molecule has 0 aromatic carbocycles. The van der Waals surface area contributed by atoms with E-state index in [2.05, 4.69) is 18.7 Å². The van der Waals surface area contributed by atoms with Gasteiger partial charge in [-0.2, -0.15) is 0 Å². The van der Waals surface area contributed by atoms with E-state index in [0.717, 1.165) is 19.4 Å². The largest absolute Gasteiger partial charge is 0.394 e. The average molecular weight is 241 g/mol.